The molecule has 0 bridgehead atoms. The molecule has 2 aromatic rings. The predicted molar refractivity (Wildman–Crippen MR) is 86.1 cm³/mol. The second-order valence-corrected chi connectivity index (χ2v) is 5.29. The Morgan fingerprint density at radius 1 is 1.43 bits per heavy atom. The van der Waals surface area contributed by atoms with Crippen LogP contribution >= 0.6 is 12.4 Å². The molecule has 1 unspecified atom stereocenters. The largest absolute Gasteiger partial charge is 0.463 e. The molecule has 5 heteroatoms. The summed E-state index contributed by atoms with van der Waals surface area (Å²) in [6.45, 7) is 4.78. The summed E-state index contributed by atoms with van der Waals surface area (Å²) < 4.78 is 5.50. The molecule has 0 saturated carbocycles. The Morgan fingerprint density at radius 2 is 2.24 bits per heavy atom. The summed E-state index contributed by atoms with van der Waals surface area (Å²) in [4.78, 5) is 14.8. The van der Waals surface area contributed by atoms with Crippen LogP contribution < -0.4 is 5.32 Å². The first-order chi connectivity index (χ1) is 9.81. The van der Waals surface area contributed by atoms with Gasteiger partial charge in [0.25, 0.3) is 5.91 Å². The van der Waals surface area contributed by atoms with Crippen molar-refractivity contribution in [3.05, 3.63) is 36.1 Å². The molecule has 1 saturated heterocycles. The molecule has 0 spiro atoms. The highest BCUT2D eigenvalue weighted by Gasteiger charge is 2.28. The molecule has 1 aromatic carbocycles. The number of benzene rings is 1. The number of nitrogens with zero attached hydrogens (tertiary/aromatic N) is 1. The zero-order valence-corrected chi connectivity index (χ0v) is 13.0. The van der Waals surface area contributed by atoms with Crippen molar-refractivity contribution in [1.82, 2.24) is 10.2 Å². The summed E-state index contributed by atoms with van der Waals surface area (Å²) in [6, 6.07) is 8.01. The first-order valence-electron chi connectivity index (χ1n) is 7.29. The number of halogens is 1. The van der Waals surface area contributed by atoms with Crippen LogP contribution in [0.3, 0.4) is 0 Å². The molecule has 21 heavy (non-hydrogen) atoms. The molecule has 1 atom stereocenters. The molecule has 3 rings (SSSR count). The third-order valence-electron chi connectivity index (χ3n) is 3.91. The van der Waals surface area contributed by atoms with E-state index in [9.17, 15) is 4.79 Å². The zero-order chi connectivity index (χ0) is 13.9. The van der Waals surface area contributed by atoms with E-state index in [1.165, 1.54) is 0 Å². The number of hydrogen-bond acceptors (Lipinski definition) is 3. The molecular weight excluding hydrogens is 288 g/mol. The average Bonchev–Trinajstić information content (AvgIpc) is 3.13. The first-order valence-corrected chi connectivity index (χ1v) is 7.29. The summed E-state index contributed by atoms with van der Waals surface area (Å²) >= 11 is 0. The molecule has 114 valence electrons. The molecule has 1 aliphatic heterocycles. The van der Waals surface area contributed by atoms with Gasteiger partial charge in [0.15, 0.2) is 0 Å². The molecule has 1 N–H and O–H groups in total. The molecule has 0 radical (unpaired) electrons. The van der Waals surface area contributed by atoms with Crippen molar-refractivity contribution in [2.45, 2.75) is 25.8 Å². The maximum absolute atomic E-state index is 12.8. The zero-order valence-electron chi connectivity index (χ0n) is 12.2. The summed E-state index contributed by atoms with van der Waals surface area (Å²) in [6.07, 6.45) is 3.59. The quantitative estimate of drug-likeness (QED) is 0.944. The van der Waals surface area contributed by atoms with Crippen LogP contribution in [0.15, 0.2) is 34.9 Å². The number of furan rings is 1. The number of carbonyl (C=O) groups is 1. The van der Waals surface area contributed by atoms with E-state index >= 15 is 0 Å². The van der Waals surface area contributed by atoms with Crippen LogP contribution in [-0.2, 0) is 0 Å². The van der Waals surface area contributed by atoms with E-state index in [1.807, 2.05) is 29.2 Å². The fraction of sp³-hybridized carbons (Fsp3) is 0.438. The monoisotopic (exact) mass is 308 g/mol. The maximum atomic E-state index is 12.8. The van der Waals surface area contributed by atoms with Crippen LogP contribution in [0.4, 0.5) is 0 Å². The normalized spacial score (nSPS) is 17.7. The van der Waals surface area contributed by atoms with E-state index in [0.29, 0.717) is 11.6 Å². The van der Waals surface area contributed by atoms with Gasteiger partial charge in [-0.05, 0) is 25.5 Å². The van der Waals surface area contributed by atoms with E-state index in [0.717, 1.165) is 43.4 Å². The highest BCUT2D eigenvalue weighted by molar-refractivity contribution is 6.06. The second kappa shape index (κ2) is 6.96. The lowest BCUT2D eigenvalue weighted by molar-refractivity contribution is 0.0693. The molecule has 0 aliphatic carbocycles. The average molecular weight is 309 g/mol. The molecule has 1 aliphatic rings. The Hall–Kier alpha value is -1.52. The Balaban J connectivity index is 0.00000161. The van der Waals surface area contributed by atoms with Crippen LogP contribution in [0, 0.1) is 0 Å². The van der Waals surface area contributed by atoms with Crippen molar-refractivity contribution in [2.24, 2.45) is 0 Å². The Labute approximate surface area is 130 Å². The van der Waals surface area contributed by atoms with Gasteiger partial charge in [-0.25, -0.2) is 0 Å². The van der Waals surface area contributed by atoms with Crippen LogP contribution in [0.5, 0.6) is 0 Å². The predicted octanol–water partition coefficient (Wildman–Crippen LogP) is 3.07. The number of rotatable bonds is 4. The summed E-state index contributed by atoms with van der Waals surface area (Å²) in [7, 11) is 0. The Bertz CT molecular complexity index is 605. The minimum absolute atomic E-state index is 0. The summed E-state index contributed by atoms with van der Waals surface area (Å²) in [5.41, 5.74) is 1.46. The molecular formula is C16H21ClN2O2. The minimum Gasteiger partial charge on any atom is -0.463 e. The topological polar surface area (TPSA) is 45.5 Å². The summed E-state index contributed by atoms with van der Waals surface area (Å²) in [5, 5.41) is 4.24. The van der Waals surface area contributed by atoms with Crippen molar-refractivity contribution in [3.8, 4) is 0 Å². The van der Waals surface area contributed by atoms with Crippen molar-refractivity contribution < 1.29 is 9.21 Å². The Morgan fingerprint density at radius 3 is 2.95 bits per heavy atom. The number of hydrogen-bond donors (Lipinski definition) is 1. The van der Waals surface area contributed by atoms with Gasteiger partial charge in [0, 0.05) is 24.5 Å². The number of fused-ring (bicyclic) bond motifs is 1. The highest BCUT2D eigenvalue weighted by Crippen LogP contribution is 2.23. The van der Waals surface area contributed by atoms with E-state index < -0.39 is 0 Å². The van der Waals surface area contributed by atoms with Gasteiger partial charge < -0.3 is 14.6 Å². The second-order valence-electron chi connectivity index (χ2n) is 5.29. The fourth-order valence-electron chi connectivity index (χ4n) is 2.89. The summed E-state index contributed by atoms with van der Waals surface area (Å²) in [5.74, 6) is 0.0884. The lowest BCUT2D eigenvalue weighted by Crippen LogP contribution is -2.42. The van der Waals surface area contributed by atoms with Gasteiger partial charge >= 0.3 is 0 Å². The van der Waals surface area contributed by atoms with Crippen LogP contribution in [0.1, 0.15) is 30.1 Å². The van der Waals surface area contributed by atoms with Gasteiger partial charge in [0.05, 0.1) is 5.56 Å². The van der Waals surface area contributed by atoms with Crippen molar-refractivity contribution in [2.75, 3.05) is 19.6 Å². The first kappa shape index (κ1) is 15.9. The van der Waals surface area contributed by atoms with E-state index in [4.69, 9.17) is 4.42 Å². The van der Waals surface area contributed by atoms with E-state index in [1.54, 1.807) is 6.26 Å². The van der Waals surface area contributed by atoms with Gasteiger partial charge in [-0.15, -0.1) is 12.4 Å². The van der Waals surface area contributed by atoms with Crippen LogP contribution in [0.25, 0.3) is 11.0 Å². The van der Waals surface area contributed by atoms with Crippen LogP contribution in [0.2, 0.25) is 0 Å². The van der Waals surface area contributed by atoms with E-state index in [-0.39, 0.29) is 18.3 Å². The minimum atomic E-state index is 0. The van der Waals surface area contributed by atoms with Gasteiger partial charge in [-0.2, -0.15) is 0 Å². The van der Waals surface area contributed by atoms with E-state index in [2.05, 4.69) is 12.2 Å². The molecule has 1 amide bonds. The van der Waals surface area contributed by atoms with Crippen molar-refractivity contribution in [3.63, 3.8) is 0 Å². The fourth-order valence-corrected chi connectivity index (χ4v) is 2.89. The van der Waals surface area contributed by atoms with Crippen molar-refractivity contribution in [1.29, 1.82) is 0 Å². The van der Waals surface area contributed by atoms with Gasteiger partial charge in [0.1, 0.15) is 11.8 Å². The number of para-hydroxylation sites is 1. The third-order valence-corrected chi connectivity index (χ3v) is 3.91. The third kappa shape index (κ3) is 3.06. The lowest BCUT2D eigenvalue weighted by atomic mass is 10.1. The molecule has 1 aromatic heterocycles. The lowest BCUT2D eigenvalue weighted by Gasteiger charge is -2.27. The molecule has 1 fully saturated rings. The highest BCUT2D eigenvalue weighted by atomic mass is 35.5. The Kier molecular flexibility index (Phi) is 5.26. The van der Waals surface area contributed by atoms with Gasteiger partial charge in [-0.1, -0.05) is 25.1 Å². The number of nitrogens with one attached hydrogen (secondary N) is 1. The SMILES string of the molecule is CCCN(C(=O)c1coc2ccccc12)C1CCNC1.Cl. The van der Waals surface area contributed by atoms with Gasteiger partial charge in [-0.3, -0.25) is 4.79 Å². The number of amides is 1. The number of carbonyl (C=O) groups excluding carboxylic acids is 1. The van der Waals surface area contributed by atoms with Gasteiger partial charge in [0.2, 0.25) is 0 Å². The maximum Gasteiger partial charge on any atom is 0.258 e. The smallest absolute Gasteiger partial charge is 0.258 e. The molecule has 2 heterocycles. The standard InChI is InChI=1S/C16H20N2O2.ClH/c1-2-9-18(12-7-8-17-10-12)16(19)14-11-20-15-6-4-3-5-13(14)15;/h3-6,11-12,17H,2,7-10H2,1H3;1H. The van der Waals surface area contributed by atoms with Crippen molar-refractivity contribution >= 4 is 29.3 Å². The molecule has 4 nitrogen and oxygen atoms in total. The van der Waals surface area contributed by atoms with Crippen LogP contribution in [-0.4, -0.2) is 36.5 Å².